The number of nitrogens with two attached hydrogens (primary N) is 1. The molecule has 1 aromatic carbocycles. The standard InChI is InChI=1S/C10H13NO/c1-7-3-5-9(6-4-7)10(11)8(2)12/h3-6,10,12H,2,11H2,1H3. The van der Waals surface area contributed by atoms with E-state index in [1.165, 1.54) is 5.56 Å². The van der Waals surface area contributed by atoms with Gasteiger partial charge in [-0.25, -0.2) is 0 Å². The largest absolute Gasteiger partial charge is 0.511 e. The maximum atomic E-state index is 9.02. The highest BCUT2D eigenvalue weighted by Crippen LogP contribution is 2.15. The molecule has 0 aliphatic carbocycles. The first kappa shape index (κ1) is 8.81. The van der Waals surface area contributed by atoms with Gasteiger partial charge in [-0.05, 0) is 12.5 Å². The lowest BCUT2D eigenvalue weighted by Crippen LogP contribution is -2.11. The average Bonchev–Trinajstić information content (AvgIpc) is 2.04. The summed E-state index contributed by atoms with van der Waals surface area (Å²) in [4.78, 5) is 0. The molecule has 3 N–H and O–H groups in total. The molecule has 0 saturated carbocycles. The van der Waals surface area contributed by atoms with Gasteiger partial charge < -0.3 is 10.8 Å². The van der Waals surface area contributed by atoms with Gasteiger partial charge in [-0.1, -0.05) is 36.4 Å². The van der Waals surface area contributed by atoms with Crippen molar-refractivity contribution in [3.05, 3.63) is 47.7 Å². The summed E-state index contributed by atoms with van der Waals surface area (Å²) in [5.74, 6) is -0.00106. The Morgan fingerprint density at radius 2 is 1.92 bits per heavy atom. The molecule has 1 aromatic rings. The van der Waals surface area contributed by atoms with Gasteiger partial charge in [0.1, 0.15) is 5.76 Å². The van der Waals surface area contributed by atoms with Gasteiger partial charge in [0.2, 0.25) is 0 Å². The van der Waals surface area contributed by atoms with Crippen molar-refractivity contribution in [2.75, 3.05) is 0 Å². The van der Waals surface area contributed by atoms with Gasteiger partial charge in [-0.3, -0.25) is 0 Å². The van der Waals surface area contributed by atoms with Crippen molar-refractivity contribution >= 4 is 0 Å². The molecule has 0 aliphatic rings. The molecule has 0 heterocycles. The number of rotatable bonds is 2. The monoisotopic (exact) mass is 163 g/mol. The van der Waals surface area contributed by atoms with Gasteiger partial charge in [0, 0.05) is 0 Å². The molecule has 1 unspecified atom stereocenters. The Morgan fingerprint density at radius 3 is 2.33 bits per heavy atom. The maximum absolute atomic E-state index is 9.02. The van der Waals surface area contributed by atoms with Crippen LogP contribution in [0, 0.1) is 6.92 Å². The summed E-state index contributed by atoms with van der Waals surface area (Å²) in [6.45, 7) is 5.39. The minimum Gasteiger partial charge on any atom is -0.511 e. The number of aliphatic hydroxyl groups excluding tert-OH is 1. The minimum absolute atomic E-state index is 0.00106. The average molecular weight is 163 g/mol. The molecule has 0 bridgehead atoms. The van der Waals surface area contributed by atoms with Crippen LogP contribution >= 0.6 is 0 Å². The van der Waals surface area contributed by atoms with E-state index >= 15 is 0 Å². The van der Waals surface area contributed by atoms with Crippen LogP contribution in [0.2, 0.25) is 0 Å². The number of aryl methyl sites for hydroxylation is 1. The summed E-state index contributed by atoms with van der Waals surface area (Å²) < 4.78 is 0. The predicted molar refractivity (Wildman–Crippen MR) is 49.9 cm³/mol. The molecule has 0 radical (unpaired) electrons. The van der Waals surface area contributed by atoms with Gasteiger partial charge in [0.05, 0.1) is 6.04 Å². The molecule has 1 rings (SSSR count). The van der Waals surface area contributed by atoms with Crippen LogP contribution < -0.4 is 5.73 Å². The van der Waals surface area contributed by atoms with E-state index in [1.54, 1.807) is 0 Å². The molecule has 12 heavy (non-hydrogen) atoms. The zero-order valence-electron chi connectivity index (χ0n) is 7.12. The first-order valence-corrected chi connectivity index (χ1v) is 3.81. The second-order valence-corrected chi connectivity index (χ2v) is 2.88. The topological polar surface area (TPSA) is 46.2 Å². The van der Waals surface area contributed by atoms with E-state index in [1.807, 2.05) is 31.2 Å². The molecule has 64 valence electrons. The highest BCUT2D eigenvalue weighted by molar-refractivity contribution is 5.27. The van der Waals surface area contributed by atoms with E-state index in [0.29, 0.717) is 0 Å². The Kier molecular flexibility index (Phi) is 2.51. The lowest BCUT2D eigenvalue weighted by Gasteiger charge is -2.09. The lowest BCUT2D eigenvalue weighted by atomic mass is 10.1. The Hall–Kier alpha value is -1.28. The zero-order valence-corrected chi connectivity index (χ0v) is 7.12. The summed E-state index contributed by atoms with van der Waals surface area (Å²) >= 11 is 0. The lowest BCUT2D eigenvalue weighted by molar-refractivity contribution is 0.373. The van der Waals surface area contributed by atoms with Crippen molar-refractivity contribution in [1.29, 1.82) is 0 Å². The highest BCUT2D eigenvalue weighted by Gasteiger charge is 2.07. The molecule has 2 heteroatoms. The Balaban J connectivity index is 2.89. The van der Waals surface area contributed by atoms with Crippen molar-refractivity contribution in [2.24, 2.45) is 5.73 Å². The van der Waals surface area contributed by atoms with E-state index in [2.05, 4.69) is 6.58 Å². The van der Waals surface area contributed by atoms with Gasteiger partial charge >= 0.3 is 0 Å². The SMILES string of the molecule is C=C(O)C(N)c1ccc(C)cc1. The van der Waals surface area contributed by atoms with Crippen LogP contribution in [0.3, 0.4) is 0 Å². The molecular formula is C10H13NO. The summed E-state index contributed by atoms with van der Waals surface area (Å²) in [6, 6.07) is 7.23. The van der Waals surface area contributed by atoms with Crippen molar-refractivity contribution in [3.63, 3.8) is 0 Å². The number of hydrogen-bond donors (Lipinski definition) is 2. The third kappa shape index (κ3) is 1.86. The molecule has 0 spiro atoms. The smallest absolute Gasteiger partial charge is 0.106 e. The fourth-order valence-electron chi connectivity index (χ4n) is 0.966. The normalized spacial score (nSPS) is 12.5. The molecule has 0 saturated heterocycles. The molecule has 0 amide bonds. The third-order valence-electron chi connectivity index (χ3n) is 1.80. The van der Waals surface area contributed by atoms with E-state index in [9.17, 15) is 0 Å². The van der Waals surface area contributed by atoms with Crippen LogP contribution in [0.4, 0.5) is 0 Å². The maximum Gasteiger partial charge on any atom is 0.106 e. The molecule has 0 fully saturated rings. The molecule has 0 aromatic heterocycles. The molecule has 1 atom stereocenters. The van der Waals surface area contributed by atoms with Crippen LogP contribution in [-0.2, 0) is 0 Å². The van der Waals surface area contributed by atoms with E-state index in [0.717, 1.165) is 5.56 Å². The van der Waals surface area contributed by atoms with Gasteiger partial charge in [-0.2, -0.15) is 0 Å². The quantitative estimate of drug-likeness (QED) is 0.655. The highest BCUT2D eigenvalue weighted by atomic mass is 16.3. The first-order chi connectivity index (χ1) is 5.61. The summed E-state index contributed by atoms with van der Waals surface area (Å²) in [7, 11) is 0. The van der Waals surface area contributed by atoms with Crippen LogP contribution in [-0.4, -0.2) is 5.11 Å². The van der Waals surface area contributed by atoms with Crippen LogP contribution in [0.5, 0.6) is 0 Å². The van der Waals surface area contributed by atoms with Crippen molar-refractivity contribution in [3.8, 4) is 0 Å². The Morgan fingerprint density at radius 1 is 1.42 bits per heavy atom. The fraction of sp³-hybridized carbons (Fsp3) is 0.200. The third-order valence-corrected chi connectivity index (χ3v) is 1.80. The van der Waals surface area contributed by atoms with Crippen LogP contribution in [0.25, 0.3) is 0 Å². The summed E-state index contributed by atoms with van der Waals surface area (Å²) in [5, 5.41) is 9.02. The molecule has 0 aliphatic heterocycles. The van der Waals surface area contributed by atoms with Crippen molar-refractivity contribution < 1.29 is 5.11 Å². The van der Waals surface area contributed by atoms with Gasteiger partial charge in [-0.15, -0.1) is 0 Å². The fourth-order valence-corrected chi connectivity index (χ4v) is 0.966. The summed E-state index contributed by atoms with van der Waals surface area (Å²) in [5.41, 5.74) is 7.70. The van der Waals surface area contributed by atoms with Crippen molar-refractivity contribution in [1.82, 2.24) is 0 Å². The van der Waals surface area contributed by atoms with Gasteiger partial charge in [0.25, 0.3) is 0 Å². The number of hydrogen-bond acceptors (Lipinski definition) is 2. The van der Waals surface area contributed by atoms with Gasteiger partial charge in [0.15, 0.2) is 0 Å². The van der Waals surface area contributed by atoms with E-state index < -0.39 is 6.04 Å². The minimum atomic E-state index is -0.467. The molecule has 2 nitrogen and oxygen atoms in total. The van der Waals surface area contributed by atoms with E-state index in [-0.39, 0.29) is 5.76 Å². The number of benzene rings is 1. The second-order valence-electron chi connectivity index (χ2n) is 2.88. The Bertz CT molecular complexity index is 276. The van der Waals surface area contributed by atoms with Crippen LogP contribution in [0.1, 0.15) is 17.2 Å². The van der Waals surface area contributed by atoms with E-state index in [4.69, 9.17) is 10.8 Å². The molecular weight excluding hydrogens is 150 g/mol. The second kappa shape index (κ2) is 3.41. The summed E-state index contributed by atoms with van der Waals surface area (Å²) in [6.07, 6.45) is 0. The van der Waals surface area contributed by atoms with Crippen LogP contribution in [0.15, 0.2) is 36.6 Å². The number of aliphatic hydroxyl groups is 1. The predicted octanol–water partition coefficient (Wildman–Crippen LogP) is 2.07. The van der Waals surface area contributed by atoms with Crippen molar-refractivity contribution in [2.45, 2.75) is 13.0 Å². The first-order valence-electron chi connectivity index (χ1n) is 3.81. The Labute approximate surface area is 72.3 Å². The zero-order chi connectivity index (χ0) is 9.14.